The fourth-order valence-corrected chi connectivity index (χ4v) is 1.76. The molecule has 0 radical (unpaired) electrons. The van der Waals surface area contributed by atoms with Gasteiger partial charge in [0.1, 0.15) is 0 Å². The average molecular weight is 286 g/mol. The van der Waals surface area contributed by atoms with Crippen LogP contribution in [0.5, 0.6) is 11.5 Å². The Hall–Kier alpha value is -0.970. The van der Waals surface area contributed by atoms with Crippen LogP contribution in [0.2, 0.25) is 0 Å². The van der Waals surface area contributed by atoms with Gasteiger partial charge in [0.2, 0.25) is 0 Å². The summed E-state index contributed by atoms with van der Waals surface area (Å²) in [7, 11) is 0. The number of halogens is 1. The zero-order valence-corrected chi connectivity index (χ0v) is 8.82. The lowest BCUT2D eigenvalue weighted by molar-refractivity contribution is 0.405. The normalized spacial score (nSPS) is 10.5. The monoisotopic (exact) mass is 286 g/mol. The van der Waals surface area contributed by atoms with Gasteiger partial charge in [0.25, 0.3) is 0 Å². The highest BCUT2D eigenvalue weighted by atomic mass is 127. The second-order valence-electron chi connectivity index (χ2n) is 2.83. The van der Waals surface area contributed by atoms with Gasteiger partial charge in [0.05, 0.1) is 0 Å². The van der Waals surface area contributed by atoms with Crippen molar-refractivity contribution in [2.45, 2.75) is 0 Å². The molecule has 13 heavy (non-hydrogen) atoms. The second kappa shape index (κ2) is 3.06. The molecule has 0 saturated heterocycles. The summed E-state index contributed by atoms with van der Waals surface area (Å²) >= 11 is 2.20. The van der Waals surface area contributed by atoms with Crippen LogP contribution in [0.4, 0.5) is 0 Å². The number of hydrogen-bond donors (Lipinski definition) is 2. The maximum absolute atomic E-state index is 9.26. The Bertz CT molecular complexity index is 466. The van der Waals surface area contributed by atoms with Gasteiger partial charge in [0, 0.05) is 3.57 Å². The molecule has 2 nitrogen and oxygen atoms in total. The number of hydrogen-bond acceptors (Lipinski definition) is 2. The molecule has 3 heteroatoms. The van der Waals surface area contributed by atoms with E-state index in [9.17, 15) is 10.2 Å². The van der Waals surface area contributed by atoms with Crippen LogP contribution in [0.1, 0.15) is 0 Å². The predicted molar refractivity (Wildman–Crippen MR) is 60.0 cm³/mol. The van der Waals surface area contributed by atoms with Gasteiger partial charge < -0.3 is 10.2 Å². The smallest absolute Gasteiger partial charge is 0.158 e. The first-order valence-corrected chi connectivity index (χ1v) is 4.86. The molecule has 0 fully saturated rings. The summed E-state index contributed by atoms with van der Waals surface area (Å²) in [4.78, 5) is 0. The molecular formula is C10H7IO2. The van der Waals surface area contributed by atoms with Crippen LogP contribution in [0.3, 0.4) is 0 Å². The molecular weight excluding hydrogens is 279 g/mol. The molecule has 0 heterocycles. The van der Waals surface area contributed by atoms with Gasteiger partial charge >= 0.3 is 0 Å². The Kier molecular flexibility index (Phi) is 2.03. The molecule has 2 rings (SSSR count). The van der Waals surface area contributed by atoms with Crippen molar-refractivity contribution in [3.05, 3.63) is 33.9 Å². The number of rotatable bonds is 0. The highest BCUT2D eigenvalue weighted by Crippen LogP contribution is 2.30. The first-order chi connectivity index (χ1) is 6.16. The highest BCUT2D eigenvalue weighted by Gasteiger charge is 2.01. The van der Waals surface area contributed by atoms with Gasteiger partial charge in [-0.3, -0.25) is 0 Å². The molecule has 0 aliphatic heterocycles. The Morgan fingerprint density at radius 1 is 0.846 bits per heavy atom. The summed E-state index contributed by atoms with van der Waals surface area (Å²) in [5, 5.41) is 20.3. The summed E-state index contributed by atoms with van der Waals surface area (Å²) < 4.78 is 1.11. The van der Waals surface area contributed by atoms with Crippen LogP contribution in [-0.2, 0) is 0 Å². The van der Waals surface area contributed by atoms with Crippen molar-refractivity contribution in [2.75, 3.05) is 0 Å². The van der Waals surface area contributed by atoms with Crippen molar-refractivity contribution < 1.29 is 10.2 Å². The van der Waals surface area contributed by atoms with Gasteiger partial charge in [-0.05, 0) is 57.6 Å². The van der Waals surface area contributed by atoms with Crippen molar-refractivity contribution in [1.29, 1.82) is 0 Å². The average Bonchev–Trinajstić information content (AvgIpc) is 2.08. The van der Waals surface area contributed by atoms with Gasteiger partial charge in [0.15, 0.2) is 11.5 Å². The van der Waals surface area contributed by atoms with Gasteiger partial charge in [-0.2, -0.15) is 0 Å². The van der Waals surface area contributed by atoms with E-state index in [1.165, 1.54) is 0 Å². The number of benzene rings is 2. The first-order valence-electron chi connectivity index (χ1n) is 3.78. The van der Waals surface area contributed by atoms with E-state index in [0.717, 1.165) is 14.3 Å². The zero-order valence-electron chi connectivity index (χ0n) is 6.66. The molecule has 0 aliphatic carbocycles. The van der Waals surface area contributed by atoms with Crippen molar-refractivity contribution >= 4 is 33.4 Å². The number of phenolic OH excluding ortho intramolecular Hbond substituents is 2. The van der Waals surface area contributed by atoms with Crippen LogP contribution < -0.4 is 0 Å². The minimum atomic E-state index is -0.0753. The van der Waals surface area contributed by atoms with E-state index < -0.39 is 0 Å². The minimum Gasteiger partial charge on any atom is -0.504 e. The maximum Gasteiger partial charge on any atom is 0.158 e. The fraction of sp³-hybridized carbons (Fsp3) is 0. The third-order valence-corrected chi connectivity index (χ3v) is 2.57. The van der Waals surface area contributed by atoms with E-state index in [-0.39, 0.29) is 11.5 Å². The topological polar surface area (TPSA) is 40.5 Å². The lowest BCUT2D eigenvalue weighted by atomic mass is 10.1. The summed E-state index contributed by atoms with van der Waals surface area (Å²) in [5.41, 5.74) is 0. The van der Waals surface area contributed by atoms with Crippen molar-refractivity contribution in [3.63, 3.8) is 0 Å². The zero-order chi connectivity index (χ0) is 9.42. The third kappa shape index (κ3) is 1.56. The summed E-state index contributed by atoms with van der Waals surface area (Å²) in [6, 6.07) is 8.94. The van der Waals surface area contributed by atoms with Gasteiger partial charge in [-0.25, -0.2) is 0 Å². The Morgan fingerprint density at radius 3 is 2.15 bits per heavy atom. The van der Waals surface area contributed by atoms with E-state index in [1.807, 2.05) is 18.2 Å². The van der Waals surface area contributed by atoms with Gasteiger partial charge in [-0.1, -0.05) is 6.07 Å². The van der Waals surface area contributed by atoms with E-state index >= 15 is 0 Å². The molecule has 0 aliphatic rings. The van der Waals surface area contributed by atoms with Crippen LogP contribution in [0, 0.1) is 3.57 Å². The van der Waals surface area contributed by atoms with E-state index in [0.29, 0.717) is 0 Å². The molecule has 0 amide bonds. The largest absolute Gasteiger partial charge is 0.504 e. The van der Waals surface area contributed by atoms with Crippen LogP contribution in [-0.4, -0.2) is 10.2 Å². The molecule has 0 bridgehead atoms. The molecule has 0 saturated carbocycles. The van der Waals surface area contributed by atoms with Crippen LogP contribution >= 0.6 is 22.6 Å². The predicted octanol–water partition coefficient (Wildman–Crippen LogP) is 2.86. The van der Waals surface area contributed by atoms with Crippen molar-refractivity contribution in [3.8, 4) is 11.5 Å². The molecule has 2 aromatic rings. The summed E-state index contributed by atoms with van der Waals surface area (Å²) in [5.74, 6) is -0.150. The standard InChI is InChI=1S/C10H7IO2/c11-8-2-1-6-4-9(12)10(13)5-7(6)3-8/h1-5,12-13H. The molecule has 0 aromatic heterocycles. The first kappa shape index (κ1) is 8.62. The molecule has 2 N–H and O–H groups in total. The molecule has 0 atom stereocenters. The van der Waals surface area contributed by atoms with E-state index in [2.05, 4.69) is 22.6 Å². The number of phenols is 2. The van der Waals surface area contributed by atoms with Crippen LogP contribution in [0.15, 0.2) is 30.3 Å². The third-order valence-electron chi connectivity index (χ3n) is 1.90. The Morgan fingerprint density at radius 2 is 1.46 bits per heavy atom. The van der Waals surface area contributed by atoms with E-state index in [4.69, 9.17) is 0 Å². The van der Waals surface area contributed by atoms with E-state index in [1.54, 1.807) is 12.1 Å². The lowest BCUT2D eigenvalue weighted by Crippen LogP contribution is -1.75. The number of fused-ring (bicyclic) bond motifs is 1. The van der Waals surface area contributed by atoms with Gasteiger partial charge in [-0.15, -0.1) is 0 Å². The quantitative estimate of drug-likeness (QED) is 0.577. The SMILES string of the molecule is Oc1cc2ccc(I)cc2cc1O. The molecule has 0 unspecified atom stereocenters. The van der Waals surface area contributed by atoms with Crippen LogP contribution in [0.25, 0.3) is 10.8 Å². The Balaban J connectivity index is 2.81. The fourth-order valence-electron chi connectivity index (χ4n) is 1.24. The summed E-state index contributed by atoms with van der Waals surface area (Å²) in [6.45, 7) is 0. The Labute approximate surface area is 89.0 Å². The van der Waals surface area contributed by atoms with Crippen molar-refractivity contribution in [1.82, 2.24) is 0 Å². The molecule has 2 aromatic carbocycles. The maximum atomic E-state index is 9.26. The molecule has 0 spiro atoms. The van der Waals surface area contributed by atoms with Crippen molar-refractivity contribution in [2.24, 2.45) is 0 Å². The molecule has 66 valence electrons. The lowest BCUT2D eigenvalue weighted by Gasteiger charge is -2.01. The minimum absolute atomic E-state index is 0.0745. The second-order valence-corrected chi connectivity index (χ2v) is 4.08. The number of aromatic hydroxyl groups is 2. The highest BCUT2D eigenvalue weighted by molar-refractivity contribution is 14.1. The summed E-state index contributed by atoms with van der Waals surface area (Å²) in [6.07, 6.45) is 0.